The fourth-order valence-corrected chi connectivity index (χ4v) is 4.24. The summed E-state index contributed by atoms with van der Waals surface area (Å²) in [4.78, 5) is 19.2. The van der Waals surface area contributed by atoms with E-state index in [-0.39, 0.29) is 0 Å². The van der Waals surface area contributed by atoms with Gasteiger partial charge in [0.1, 0.15) is 0 Å². The molecular weight excluding hydrogens is 356 g/mol. The molecule has 1 saturated heterocycles. The molecule has 1 aliphatic rings. The lowest BCUT2D eigenvalue weighted by Gasteiger charge is -2.22. The van der Waals surface area contributed by atoms with E-state index in [2.05, 4.69) is 45.5 Å². The van der Waals surface area contributed by atoms with E-state index in [0.717, 1.165) is 30.4 Å². The molecule has 0 aromatic heterocycles. The van der Waals surface area contributed by atoms with Crippen LogP contribution in [-0.4, -0.2) is 42.7 Å². The number of amides is 1. The molecule has 1 amide bonds. The maximum atomic E-state index is 11.2. The Morgan fingerprint density at radius 1 is 1.22 bits per heavy atom. The molecule has 1 aliphatic heterocycles. The first kappa shape index (κ1) is 19.3. The van der Waals surface area contributed by atoms with Crippen molar-refractivity contribution < 1.29 is 4.79 Å². The largest absolute Gasteiger partial charge is 0.366 e. The highest BCUT2D eigenvalue weighted by atomic mass is 32.2. The third kappa shape index (κ3) is 5.50. The molecule has 1 atom stereocenters. The lowest BCUT2D eigenvalue weighted by Crippen LogP contribution is -2.39. The number of hydrogen-bond donors (Lipinski definition) is 2. The van der Waals surface area contributed by atoms with Crippen LogP contribution < -0.4 is 11.1 Å². The summed E-state index contributed by atoms with van der Waals surface area (Å²) in [7, 11) is 1.82. The average molecular weight is 383 g/mol. The van der Waals surface area contributed by atoms with Crippen molar-refractivity contribution in [2.45, 2.75) is 17.9 Å². The van der Waals surface area contributed by atoms with Crippen LogP contribution in [0.1, 0.15) is 22.3 Å². The quantitative estimate of drug-likeness (QED) is 0.458. The summed E-state index contributed by atoms with van der Waals surface area (Å²) in [6.45, 7) is 2.73. The van der Waals surface area contributed by atoms with Crippen molar-refractivity contribution in [1.82, 2.24) is 10.2 Å². The number of rotatable bonds is 6. The van der Waals surface area contributed by atoms with Crippen molar-refractivity contribution in [3.63, 3.8) is 0 Å². The molecule has 0 bridgehead atoms. The van der Waals surface area contributed by atoms with Crippen LogP contribution in [-0.2, 0) is 6.54 Å². The first-order valence-corrected chi connectivity index (χ1v) is 10.2. The Bertz CT molecular complexity index is 777. The van der Waals surface area contributed by atoms with Gasteiger partial charge in [-0.15, -0.1) is 11.8 Å². The van der Waals surface area contributed by atoms with Gasteiger partial charge in [0.05, 0.1) is 0 Å². The van der Waals surface area contributed by atoms with Crippen molar-refractivity contribution in [2.75, 3.05) is 25.9 Å². The highest BCUT2D eigenvalue weighted by Gasteiger charge is 2.24. The number of carbonyl (C=O) groups excluding carboxylic acids is 1. The Morgan fingerprint density at radius 2 is 1.96 bits per heavy atom. The van der Waals surface area contributed by atoms with E-state index < -0.39 is 5.91 Å². The van der Waals surface area contributed by atoms with Crippen molar-refractivity contribution in [3.05, 3.63) is 65.7 Å². The van der Waals surface area contributed by atoms with E-state index in [4.69, 9.17) is 5.73 Å². The molecule has 0 aliphatic carbocycles. The number of nitrogens with two attached hydrogens (primary N) is 1. The fraction of sp³-hybridized carbons (Fsp3) is 0.333. The van der Waals surface area contributed by atoms with Gasteiger partial charge in [0.25, 0.3) is 0 Å². The zero-order chi connectivity index (χ0) is 19.1. The van der Waals surface area contributed by atoms with Crippen LogP contribution in [0.2, 0.25) is 0 Å². The van der Waals surface area contributed by atoms with Crippen molar-refractivity contribution >= 4 is 23.6 Å². The summed E-state index contributed by atoms with van der Waals surface area (Å²) in [6.07, 6.45) is 1.19. The molecular formula is C21H26N4OS. The normalized spacial score (nSPS) is 17.1. The van der Waals surface area contributed by atoms with Crippen LogP contribution in [0.5, 0.6) is 0 Å². The molecule has 3 N–H and O–H groups in total. The van der Waals surface area contributed by atoms with Gasteiger partial charge in [-0.05, 0) is 42.2 Å². The molecule has 2 aromatic rings. The summed E-state index contributed by atoms with van der Waals surface area (Å²) in [5, 5.41) is 3.42. The molecule has 27 heavy (non-hydrogen) atoms. The zero-order valence-electron chi connectivity index (χ0n) is 15.6. The number of aliphatic imine (C=N–C) groups is 1. The van der Waals surface area contributed by atoms with Crippen LogP contribution in [0.15, 0.2) is 64.5 Å². The smallest absolute Gasteiger partial charge is 0.248 e. The Kier molecular flexibility index (Phi) is 6.76. The van der Waals surface area contributed by atoms with Crippen LogP contribution >= 0.6 is 11.8 Å². The average Bonchev–Trinajstić information content (AvgIpc) is 3.17. The standard InChI is InChI=1S/C21H26N4OS/c1-23-21(24-13-16-7-9-18(10-8-16)20(22)26)25-12-11-17(14-25)15-27-19-5-3-2-4-6-19/h2-10,17H,11-15H2,1H3,(H2,22,26)(H,23,24). The van der Waals surface area contributed by atoms with Gasteiger partial charge < -0.3 is 16.0 Å². The SMILES string of the molecule is CN=C(NCc1ccc(C(N)=O)cc1)N1CCC(CSc2ccccc2)C1. The van der Waals surface area contributed by atoms with Crippen LogP contribution in [0.25, 0.3) is 0 Å². The Labute approximate surface area is 165 Å². The van der Waals surface area contributed by atoms with E-state index in [1.165, 1.54) is 11.3 Å². The second-order valence-electron chi connectivity index (χ2n) is 6.69. The van der Waals surface area contributed by atoms with Gasteiger partial charge in [0.2, 0.25) is 5.91 Å². The molecule has 0 radical (unpaired) electrons. The summed E-state index contributed by atoms with van der Waals surface area (Å²) in [6, 6.07) is 17.9. The van der Waals surface area contributed by atoms with Gasteiger partial charge in [0.15, 0.2) is 5.96 Å². The molecule has 2 aromatic carbocycles. The topological polar surface area (TPSA) is 70.7 Å². The summed E-state index contributed by atoms with van der Waals surface area (Å²) < 4.78 is 0. The van der Waals surface area contributed by atoms with Crippen molar-refractivity contribution in [3.8, 4) is 0 Å². The van der Waals surface area contributed by atoms with Crippen LogP contribution in [0, 0.1) is 5.92 Å². The number of thioether (sulfide) groups is 1. The lowest BCUT2D eigenvalue weighted by atomic mass is 10.1. The third-order valence-corrected chi connectivity index (χ3v) is 5.96. The Hall–Kier alpha value is -2.47. The van der Waals surface area contributed by atoms with Gasteiger partial charge in [0, 0.05) is 42.9 Å². The van der Waals surface area contributed by atoms with Crippen molar-refractivity contribution in [2.24, 2.45) is 16.6 Å². The predicted molar refractivity (Wildman–Crippen MR) is 112 cm³/mol. The second kappa shape index (κ2) is 9.46. The molecule has 5 nitrogen and oxygen atoms in total. The number of benzene rings is 2. The summed E-state index contributed by atoms with van der Waals surface area (Å²) in [5.41, 5.74) is 6.91. The van der Waals surface area contributed by atoms with Gasteiger partial charge in [-0.3, -0.25) is 9.79 Å². The van der Waals surface area contributed by atoms with E-state index in [1.54, 1.807) is 12.1 Å². The van der Waals surface area contributed by atoms with Crippen molar-refractivity contribution in [1.29, 1.82) is 0 Å². The van der Waals surface area contributed by atoms with Gasteiger partial charge in [-0.2, -0.15) is 0 Å². The highest BCUT2D eigenvalue weighted by Crippen LogP contribution is 2.25. The molecule has 0 spiro atoms. The molecule has 1 unspecified atom stereocenters. The number of guanidine groups is 1. The Balaban J connectivity index is 1.47. The molecule has 142 valence electrons. The highest BCUT2D eigenvalue weighted by molar-refractivity contribution is 7.99. The van der Waals surface area contributed by atoms with E-state index >= 15 is 0 Å². The molecule has 0 saturated carbocycles. The minimum atomic E-state index is -0.401. The van der Waals surface area contributed by atoms with E-state index in [1.807, 2.05) is 30.9 Å². The number of likely N-dealkylation sites (tertiary alicyclic amines) is 1. The molecule has 1 fully saturated rings. The third-order valence-electron chi connectivity index (χ3n) is 4.72. The number of carbonyl (C=O) groups is 1. The molecule has 6 heteroatoms. The zero-order valence-corrected chi connectivity index (χ0v) is 16.4. The van der Waals surface area contributed by atoms with E-state index in [0.29, 0.717) is 18.0 Å². The minimum absolute atomic E-state index is 0.401. The fourth-order valence-electron chi connectivity index (χ4n) is 3.19. The minimum Gasteiger partial charge on any atom is -0.366 e. The monoisotopic (exact) mass is 382 g/mol. The maximum Gasteiger partial charge on any atom is 0.248 e. The van der Waals surface area contributed by atoms with Crippen LogP contribution in [0.3, 0.4) is 0 Å². The summed E-state index contributed by atoms with van der Waals surface area (Å²) >= 11 is 1.93. The number of hydrogen-bond acceptors (Lipinski definition) is 3. The summed E-state index contributed by atoms with van der Waals surface area (Å²) in [5.74, 6) is 2.33. The molecule has 3 rings (SSSR count). The maximum absolute atomic E-state index is 11.2. The Morgan fingerprint density at radius 3 is 2.63 bits per heavy atom. The van der Waals surface area contributed by atoms with Gasteiger partial charge >= 0.3 is 0 Å². The first-order valence-electron chi connectivity index (χ1n) is 9.18. The first-order chi connectivity index (χ1) is 13.2. The van der Waals surface area contributed by atoms with E-state index in [9.17, 15) is 4.79 Å². The van der Waals surface area contributed by atoms with Gasteiger partial charge in [-0.25, -0.2) is 0 Å². The number of primary amides is 1. The number of nitrogens with zero attached hydrogens (tertiary/aromatic N) is 2. The van der Waals surface area contributed by atoms with Gasteiger partial charge in [-0.1, -0.05) is 30.3 Å². The lowest BCUT2D eigenvalue weighted by molar-refractivity contribution is 0.100. The molecule has 1 heterocycles. The second-order valence-corrected chi connectivity index (χ2v) is 7.78. The van der Waals surface area contributed by atoms with Crippen LogP contribution in [0.4, 0.5) is 0 Å². The predicted octanol–water partition coefficient (Wildman–Crippen LogP) is 2.98. The number of nitrogens with one attached hydrogen (secondary N) is 1.